The third kappa shape index (κ3) is 1.11. The summed E-state index contributed by atoms with van der Waals surface area (Å²) in [4.78, 5) is 0. The van der Waals surface area contributed by atoms with Crippen LogP contribution in [0.15, 0.2) is 11.6 Å². The van der Waals surface area contributed by atoms with Gasteiger partial charge in [0.15, 0.2) is 0 Å². The first kappa shape index (κ1) is 8.96. The number of fused-ring (bicyclic) bond motifs is 5. The van der Waals surface area contributed by atoms with Crippen LogP contribution >= 0.6 is 0 Å². The van der Waals surface area contributed by atoms with Crippen LogP contribution in [0, 0.1) is 29.6 Å². The third-order valence-electron chi connectivity index (χ3n) is 4.77. The maximum absolute atomic E-state index is 6.25. The minimum atomic E-state index is 0.360. The van der Waals surface area contributed by atoms with Gasteiger partial charge in [-0.1, -0.05) is 11.6 Å². The smallest absolute Gasteiger partial charge is 0.0260 e. The van der Waals surface area contributed by atoms with E-state index in [2.05, 4.69) is 19.9 Å². The second kappa shape index (κ2) is 2.85. The highest BCUT2D eigenvalue weighted by molar-refractivity contribution is 5.19. The molecule has 5 unspecified atom stereocenters. The van der Waals surface area contributed by atoms with Crippen LogP contribution in [-0.2, 0) is 0 Å². The van der Waals surface area contributed by atoms with Crippen LogP contribution in [0.25, 0.3) is 0 Å². The van der Waals surface area contributed by atoms with Crippen molar-refractivity contribution >= 4 is 0 Å². The van der Waals surface area contributed by atoms with Crippen LogP contribution in [-0.4, -0.2) is 6.04 Å². The first-order valence-electron chi connectivity index (χ1n) is 6.09. The van der Waals surface area contributed by atoms with Gasteiger partial charge in [0.05, 0.1) is 0 Å². The zero-order chi connectivity index (χ0) is 9.87. The summed E-state index contributed by atoms with van der Waals surface area (Å²) in [5.74, 6) is 5.04. The van der Waals surface area contributed by atoms with Crippen molar-refractivity contribution in [2.24, 2.45) is 35.3 Å². The van der Waals surface area contributed by atoms with Gasteiger partial charge in [0.25, 0.3) is 0 Å². The van der Waals surface area contributed by atoms with E-state index in [1.165, 1.54) is 24.8 Å². The molecule has 0 aromatic rings. The molecule has 5 atom stereocenters. The topological polar surface area (TPSA) is 26.0 Å². The largest absolute Gasteiger partial charge is 0.324 e. The molecule has 1 nitrogen and oxygen atoms in total. The lowest BCUT2D eigenvalue weighted by atomic mass is 9.97. The Kier molecular flexibility index (Phi) is 1.82. The van der Waals surface area contributed by atoms with Gasteiger partial charge < -0.3 is 5.73 Å². The molecule has 0 saturated heterocycles. The SMILES string of the molecule is CC(C)=CC(N)C1C2C3CCC(C3)C12. The molecule has 0 amide bonds. The number of rotatable bonds is 2. The van der Waals surface area contributed by atoms with Crippen LogP contribution in [0.3, 0.4) is 0 Å². The van der Waals surface area contributed by atoms with Gasteiger partial charge in [-0.15, -0.1) is 0 Å². The quantitative estimate of drug-likeness (QED) is 0.667. The molecular weight excluding hydrogens is 170 g/mol. The van der Waals surface area contributed by atoms with Gasteiger partial charge in [-0.2, -0.15) is 0 Å². The molecule has 3 aliphatic rings. The van der Waals surface area contributed by atoms with Crippen LogP contribution in [0.2, 0.25) is 0 Å². The lowest BCUT2D eigenvalue weighted by molar-refractivity contribution is 0.439. The van der Waals surface area contributed by atoms with Gasteiger partial charge in [0, 0.05) is 6.04 Å². The Bertz CT molecular complexity index is 261. The standard InChI is InChI=1S/C13H21N/c1-7(2)5-10(14)13-11-8-3-4-9(6-8)12(11)13/h5,8-13H,3-4,6,14H2,1-2H3. The second-order valence-electron chi connectivity index (χ2n) is 5.89. The van der Waals surface area contributed by atoms with Crippen molar-refractivity contribution in [1.82, 2.24) is 0 Å². The van der Waals surface area contributed by atoms with E-state index in [1.807, 2.05) is 0 Å². The molecule has 1 heteroatoms. The van der Waals surface area contributed by atoms with E-state index in [-0.39, 0.29) is 0 Å². The molecule has 0 heterocycles. The summed E-state index contributed by atoms with van der Waals surface area (Å²) in [6, 6.07) is 0.360. The second-order valence-corrected chi connectivity index (χ2v) is 5.89. The molecule has 0 aromatic heterocycles. The third-order valence-corrected chi connectivity index (χ3v) is 4.77. The van der Waals surface area contributed by atoms with Gasteiger partial charge in [-0.3, -0.25) is 0 Å². The fourth-order valence-electron chi connectivity index (χ4n) is 4.40. The van der Waals surface area contributed by atoms with Crippen molar-refractivity contribution in [1.29, 1.82) is 0 Å². The fourth-order valence-corrected chi connectivity index (χ4v) is 4.40. The van der Waals surface area contributed by atoms with Crippen molar-refractivity contribution in [3.63, 3.8) is 0 Å². The van der Waals surface area contributed by atoms with Gasteiger partial charge in [-0.25, -0.2) is 0 Å². The lowest BCUT2D eigenvalue weighted by Gasteiger charge is -2.13. The zero-order valence-corrected chi connectivity index (χ0v) is 9.24. The lowest BCUT2D eigenvalue weighted by Crippen LogP contribution is -2.24. The summed E-state index contributed by atoms with van der Waals surface area (Å²) in [5, 5.41) is 0. The summed E-state index contributed by atoms with van der Waals surface area (Å²) in [6.07, 6.45) is 6.82. The minimum absolute atomic E-state index is 0.360. The Balaban J connectivity index is 1.71. The highest BCUT2D eigenvalue weighted by Gasteiger charge is 2.65. The summed E-state index contributed by atoms with van der Waals surface area (Å²) in [7, 11) is 0. The van der Waals surface area contributed by atoms with Crippen LogP contribution in [0.1, 0.15) is 33.1 Å². The molecule has 3 rings (SSSR count). The molecule has 3 aliphatic carbocycles. The number of nitrogens with two attached hydrogens (primary N) is 1. The van der Waals surface area contributed by atoms with Gasteiger partial charge in [0.2, 0.25) is 0 Å². The molecule has 14 heavy (non-hydrogen) atoms. The molecule has 0 spiro atoms. The summed E-state index contributed by atoms with van der Waals surface area (Å²) in [6.45, 7) is 4.32. The predicted octanol–water partition coefficient (Wildman–Crippen LogP) is 2.57. The fraction of sp³-hybridized carbons (Fsp3) is 0.846. The van der Waals surface area contributed by atoms with Crippen molar-refractivity contribution < 1.29 is 0 Å². The van der Waals surface area contributed by atoms with E-state index in [9.17, 15) is 0 Å². The van der Waals surface area contributed by atoms with E-state index < -0.39 is 0 Å². The first-order valence-corrected chi connectivity index (χ1v) is 6.09. The van der Waals surface area contributed by atoms with Crippen molar-refractivity contribution in [3.8, 4) is 0 Å². The van der Waals surface area contributed by atoms with Crippen molar-refractivity contribution in [2.45, 2.75) is 39.2 Å². The predicted molar refractivity (Wildman–Crippen MR) is 58.7 cm³/mol. The molecule has 3 saturated carbocycles. The Morgan fingerprint density at radius 2 is 1.79 bits per heavy atom. The molecule has 78 valence electrons. The van der Waals surface area contributed by atoms with E-state index in [1.54, 1.807) is 0 Å². The van der Waals surface area contributed by atoms with Gasteiger partial charge in [0.1, 0.15) is 0 Å². The van der Waals surface area contributed by atoms with E-state index in [4.69, 9.17) is 5.73 Å². The summed E-state index contributed by atoms with van der Waals surface area (Å²) >= 11 is 0. The number of hydrogen-bond acceptors (Lipinski definition) is 1. The molecule has 2 N–H and O–H groups in total. The van der Waals surface area contributed by atoms with Crippen LogP contribution in [0.4, 0.5) is 0 Å². The molecule has 0 radical (unpaired) electrons. The molecular formula is C13H21N. The van der Waals surface area contributed by atoms with Crippen molar-refractivity contribution in [2.75, 3.05) is 0 Å². The van der Waals surface area contributed by atoms with E-state index >= 15 is 0 Å². The summed E-state index contributed by atoms with van der Waals surface area (Å²) in [5.41, 5.74) is 7.63. The molecule has 0 aromatic carbocycles. The average molecular weight is 191 g/mol. The number of hydrogen-bond donors (Lipinski definition) is 1. The Morgan fingerprint density at radius 1 is 1.21 bits per heavy atom. The van der Waals surface area contributed by atoms with Gasteiger partial charge >= 0.3 is 0 Å². The summed E-state index contributed by atoms with van der Waals surface area (Å²) < 4.78 is 0. The highest BCUT2D eigenvalue weighted by atomic mass is 14.8. The Morgan fingerprint density at radius 3 is 2.29 bits per heavy atom. The Labute approximate surface area is 86.8 Å². The minimum Gasteiger partial charge on any atom is -0.324 e. The van der Waals surface area contributed by atoms with Gasteiger partial charge in [-0.05, 0) is 62.7 Å². The Hall–Kier alpha value is -0.300. The van der Waals surface area contributed by atoms with E-state index in [0.29, 0.717) is 6.04 Å². The van der Waals surface area contributed by atoms with Crippen LogP contribution < -0.4 is 5.73 Å². The van der Waals surface area contributed by atoms with E-state index in [0.717, 1.165) is 29.6 Å². The monoisotopic (exact) mass is 191 g/mol. The van der Waals surface area contributed by atoms with Crippen LogP contribution in [0.5, 0.6) is 0 Å². The average Bonchev–Trinajstić information content (AvgIpc) is 2.56. The maximum atomic E-state index is 6.25. The highest BCUT2D eigenvalue weighted by Crippen LogP contribution is 2.70. The number of allylic oxidation sites excluding steroid dienone is 1. The zero-order valence-electron chi connectivity index (χ0n) is 9.24. The normalized spacial score (nSPS) is 50.1. The molecule has 3 fully saturated rings. The maximum Gasteiger partial charge on any atom is 0.0260 e. The first-order chi connectivity index (χ1) is 6.68. The van der Waals surface area contributed by atoms with Crippen molar-refractivity contribution in [3.05, 3.63) is 11.6 Å². The molecule has 0 aliphatic heterocycles. The molecule has 2 bridgehead atoms.